The molecule has 0 aromatic carbocycles. The predicted molar refractivity (Wildman–Crippen MR) is 130 cm³/mol. The zero-order valence-electron chi connectivity index (χ0n) is 21.2. The second-order valence-corrected chi connectivity index (χ2v) is 9.59. The van der Waals surface area contributed by atoms with E-state index in [4.69, 9.17) is 9.47 Å². The van der Waals surface area contributed by atoms with Gasteiger partial charge in [-0.05, 0) is 40.5 Å². The number of rotatable bonds is 22. The smallest absolute Gasteiger partial charge is 0.306 e. The van der Waals surface area contributed by atoms with Gasteiger partial charge in [-0.2, -0.15) is 0 Å². The van der Waals surface area contributed by atoms with E-state index in [2.05, 4.69) is 0 Å². The van der Waals surface area contributed by atoms with E-state index in [1.165, 1.54) is 83.5 Å². The van der Waals surface area contributed by atoms with Gasteiger partial charge in [0.1, 0.15) is 0 Å². The summed E-state index contributed by atoms with van der Waals surface area (Å²) in [5, 5.41) is 0. The Morgan fingerprint density at radius 3 is 0.806 bits per heavy atom. The van der Waals surface area contributed by atoms with Gasteiger partial charge in [-0.25, -0.2) is 0 Å². The van der Waals surface area contributed by atoms with Gasteiger partial charge in [-0.15, -0.1) is 0 Å². The molecule has 0 radical (unpaired) electrons. The Balaban J connectivity index is 3.14. The van der Waals surface area contributed by atoms with Crippen molar-refractivity contribution in [1.29, 1.82) is 0 Å². The molecule has 0 saturated carbocycles. The summed E-state index contributed by atoms with van der Waals surface area (Å²) in [5.74, 6) is -0.0912. The molecular weight excluding hydrogens is 388 g/mol. The number of hydrogen-bond donors (Lipinski definition) is 0. The molecule has 0 aromatic heterocycles. The average molecular weight is 441 g/mol. The van der Waals surface area contributed by atoms with Crippen LogP contribution in [0.1, 0.15) is 150 Å². The maximum Gasteiger partial charge on any atom is 0.306 e. The van der Waals surface area contributed by atoms with E-state index in [0.29, 0.717) is 12.8 Å². The first kappa shape index (κ1) is 29.9. The minimum absolute atomic E-state index is 0.0110. The minimum atomic E-state index is -0.0456. The number of carbonyl (C=O) groups excluding carboxylic acids is 2. The van der Waals surface area contributed by atoms with Crippen molar-refractivity contribution in [2.24, 2.45) is 0 Å². The third kappa shape index (κ3) is 25.1. The SMILES string of the molecule is CC(C)OC(=O)CCCCCCCCCCCCCCCCCCCC(=O)OC(C)C. The Kier molecular flexibility index (Phi) is 21.4. The van der Waals surface area contributed by atoms with Gasteiger partial charge in [-0.3, -0.25) is 9.59 Å². The van der Waals surface area contributed by atoms with Gasteiger partial charge in [0.15, 0.2) is 0 Å². The fourth-order valence-corrected chi connectivity index (χ4v) is 3.83. The van der Waals surface area contributed by atoms with Crippen LogP contribution in [0.3, 0.4) is 0 Å². The lowest BCUT2D eigenvalue weighted by atomic mass is 10.0. The van der Waals surface area contributed by atoms with Crippen LogP contribution < -0.4 is 0 Å². The van der Waals surface area contributed by atoms with Crippen molar-refractivity contribution < 1.29 is 19.1 Å². The fraction of sp³-hybridized carbons (Fsp3) is 0.926. The van der Waals surface area contributed by atoms with Gasteiger partial charge in [-0.1, -0.05) is 96.3 Å². The highest BCUT2D eigenvalue weighted by atomic mass is 16.5. The molecule has 184 valence electrons. The van der Waals surface area contributed by atoms with Crippen LogP contribution in [0.15, 0.2) is 0 Å². The molecule has 4 heteroatoms. The Morgan fingerprint density at radius 2 is 0.613 bits per heavy atom. The Labute approximate surface area is 193 Å². The molecule has 0 spiro atoms. The van der Waals surface area contributed by atoms with Crippen molar-refractivity contribution >= 4 is 11.9 Å². The monoisotopic (exact) mass is 440 g/mol. The molecule has 0 amide bonds. The molecule has 0 N–H and O–H groups in total. The summed E-state index contributed by atoms with van der Waals surface area (Å²) in [7, 11) is 0. The molecule has 4 nitrogen and oxygen atoms in total. The normalized spacial score (nSPS) is 11.3. The number of esters is 2. The molecule has 0 aliphatic carbocycles. The molecular formula is C27H52O4. The van der Waals surface area contributed by atoms with Crippen molar-refractivity contribution in [1.82, 2.24) is 0 Å². The van der Waals surface area contributed by atoms with Gasteiger partial charge in [0, 0.05) is 12.8 Å². The maximum atomic E-state index is 11.4. The second-order valence-electron chi connectivity index (χ2n) is 9.59. The van der Waals surface area contributed by atoms with Gasteiger partial charge in [0.2, 0.25) is 0 Å². The molecule has 0 aromatic rings. The standard InChI is InChI=1S/C27H52O4/c1-24(2)30-26(28)22-20-18-16-14-12-10-8-6-5-7-9-11-13-15-17-19-21-23-27(29)31-25(3)4/h24-25H,5-23H2,1-4H3. The van der Waals surface area contributed by atoms with E-state index in [1.54, 1.807) is 0 Å². The molecule has 0 fully saturated rings. The second kappa shape index (κ2) is 22.1. The third-order valence-electron chi connectivity index (χ3n) is 5.50. The lowest BCUT2D eigenvalue weighted by Gasteiger charge is -2.07. The highest BCUT2D eigenvalue weighted by Gasteiger charge is 2.05. The first-order valence-corrected chi connectivity index (χ1v) is 13.3. The van der Waals surface area contributed by atoms with Crippen LogP contribution in [0.25, 0.3) is 0 Å². The lowest BCUT2D eigenvalue weighted by molar-refractivity contribution is -0.148. The van der Waals surface area contributed by atoms with Crippen LogP contribution in [0, 0.1) is 0 Å². The van der Waals surface area contributed by atoms with E-state index in [1.807, 2.05) is 27.7 Å². The molecule has 0 aliphatic heterocycles. The maximum absolute atomic E-state index is 11.4. The number of carbonyl (C=O) groups is 2. The van der Waals surface area contributed by atoms with Crippen molar-refractivity contribution in [2.75, 3.05) is 0 Å². The Hall–Kier alpha value is -1.06. The van der Waals surface area contributed by atoms with Crippen LogP contribution >= 0.6 is 0 Å². The summed E-state index contributed by atoms with van der Waals surface area (Å²) >= 11 is 0. The number of hydrogen-bond acceptors (Lipinski definition) is 4. The number of ether oxygens (including phenoxy) is 2. The topological polar surface area (TPSA) is 52.6 Å². The van der Waals surface area contributed by atoms with Crippen molar-refractivity contribution in [3.05, 3.63) is 0 Å². The summed E-state index contributed by atoms with van der Waals surface area (Å²) in [4.78, 5) is 22.9. The highest BCUT2D eigenvalue weighted by Crippen LogP contribution is 2.15. The summed E-state index contributed by atoms with van der Waals surface area (Å²) in [6.07, 6.45) is 22.8. The van der Waals surface area contributed by atoms with E-state index in [9.17, 15) is 9.59 Å². The summed E-state index contributed by atoms with van der Waals surface area (Å²) in [6.45, 7) is 7.61. The van der Waals surface area contributed by atoms with E-state index < -0.39 is 0 Å². The highest BCUT2D eigenvalue weighted by molar-refractivity contribution is 5.69. The predicted octanol–water partition coefficient (Wildman–Crippen LogP) is 8.30. The first-order chi connectivity index (χ1) is 14.9. The van der Waals surface area contributed by atoms with Crippen LogP contribution in [0.4, 0.5) is 0 Å². The van der Waals surface area contributed by atoms with Crippen LogP contribution in [-0.4, -0.2) is 24.1 Å². The summed E-state index contributed by atoms with van der Waals surface area (Å²) < 4.78 is 10.3. The van der Waals surface area contributed by atoms with Crippen LogP contribution in [0.2, 0.25) is 0 Å². The Bertz CT molecular complexity index is 379. The van der Waals surface area contributed by atoms with Crippen molar-refractivity contribution in [2.45, 2.75) is 162 Å². The molecule has 0 atom stereocenters. The average Bonchev–Trinajstić information content (AvgIpc) is 2.68. The van der Waals surface area contributed by atoms with Gasteiger partial charge < -0.3 is 9.47 Å². The molecule has 0 unspecified atom stereocenters. The largest absolute Gasteiger partial charge is 0.463 e. The fourth-order valence-electron chi connectivity index (χ4n) is 3.83. The minimum Gasteiger partial charge on any atom is -0.463 e. The van der Waals surface area contributed by atoms with E-state index in [-0.39, 0.29) is 24.1 Å². The summed E-state index contributed by atoms with van der Waals surface area (Å²) in [5.41, 5.74) is 0. The van der Waals surface area contributed by atoms with Crippen LogP contribution in [-0.2, 0) is 19.1 Å². The quantitative estimate of drug-likeness (QED) is 0.125. The van der Waals surface area contributed by atoms with Gasteiger partial charge in [0.25, 0.3) is 0 Å². The zero-order valence-corrected chi connectivity index (χ0v) is 21.2. The van der Waals surface area contributed by atoms with Crippen molar-refractivity contribution in [3.63, 3.8) is 0 Å². The molecule has 0 bridgehead atoms. The zero-order chi connectivity index (χ0) is 23.2. The first-order valence-electron chi connectivity index (χ1n) is 13.3. The molecule has 0 rings (SSSR count). The Morgan fingerprint density at radius 1 is 0.419 bits per heavy atom. The molecule has 0 aliphatic rings. The van der Waals surface area contributed by atoms with Crippen molar-refractivity contribution in [3.8, 4) is 0 Å². The molecule has 0 heterocycles. The lowest BCUT2D eigenvalue weighted by Crippen LogP contribution is -2.10. The van der Waals surface area contributed by atoms with Crippen LogP contribution in [0.5, 0.6) is 0 Å². The number of unbranched alkanes of at least 4 members (excludes halogenated alkanes) is 16. The third-order valence-corrected chi connectivity index (χ3v) is 5.50. The van der Waals surface area contributed by atoms with Gasteiger partial charge in [0.05, 0.1) is 12.2 Å². The summed E-state index contributed by atoms with van der Waals surface area (Å²) in [6, 6.07) is 0. The van der Waals surface area contributed by atoms with Gasteiger partial charge >= 0.3 is 11.9 Å². The van der Waals surface area contributed by atoms with E-state index in [0.717, 1.165) is 25.7 Å². The molecule has 31 heavy (non-hydrogen) atoms. The van der Waals surface area contributed by atoms with E-state index >= 15 is 0 Å². The molecule has 0 saturated heterocycles.